The molecular formula is C18H21N3O4S3. The number of nitrogens with one attached hydrogen (secondary N) is 2. The van der Waals surface area contributed by atoms with Crippen molar-refractivity contribution in [2.45, 2.75) is 31.0 Å². The smallest absolute Gasteiger partial charge is 0.250 e. The lowest BCUT2D eigenvalue weighted by Crippen LogP contribution is -2.46. The van der Waals surface area contributed by atoms with Crippen molar-refractivity contribution in [2.24, 2.45) is 5.92 Å². The first kappa shape index (κ1) is 20.7. The maximum absolute atomic E-state index is 12.8. The van der Waals surface area contributed by atoms with Gasteiger partial charge in [0.2, 0.25) is 5.91 Å². The van der Waals surface area contributed by atoms with Gasteiger partial charge >= 0.3 is 0 Å². The lowest BCUT2D eigenvalue weighted by Gasteiger charge is -2.20. The molecule has 0 aliphatic carbocycles. The standard InChI is InChI=1S/C18H21N3O4S3/c1-4-25-12-7-8-13-14(10-12)27-18(19-13)20-17(22)16(11(2)3)21-28(23,24)15-6-5-9-26-15/h5-11,16,21H,4H2,1-3H3,(H,19,20,22)/t16-/m0/s1. The molecule has 3 aromatic rings. The molecule has 0 saturated heterocycles. The third-order valence-corrected chi connectivity index (χ3v) is 7.66. The van der Waals surface area contributed by atoms with E-state index in [9.17, 15) is 13.2 Å². The highest BCUT2D eigenvalue weighted by molar-refractivity contribution is 7.91. The van der Waals surface area contributed by atoms with Crippen LogP contribution in [-0.2, 0) is 14.8 Å². The Hall–Kier alpha value is -2.01. The Morgan fingerprint density at radius 3 is 2.71 bits per heavy atom. The van der Waals surface area contributed by atoms with Crippen LogP contribution in [0.4, 0.5) is 5.13 Å². The fourth-order valence-corrected chi connectivity index (χ4v) is 5.78. The molecule has 1 atom stereocenters. The molecule has 2 heterocycles. The maximum Gasteiger partial charge on any atom is 0.250 e. The molecule has 0 radical (unpaired) electrons. The van der Waals surface area contributed by atoms with Crippen molar-refractivity contribution in [2.75, 3.05) is 11.9 Å². The summed E-state index contributed by atoms with van der Waals surface area (Å²) in [4.78, 5) is 17.2. The first-order valence-corrected chi connectivity index (χ1v) is 11.9. The van der Waals surface area contributed by atoms with E-state index in [2.05, 4.69) is 15.0 Å². The fourth-order valence-electron chi connectivity index (χ4n) is 2.53. The van der Waals surface area contributed by atoms with Crippen molar-refractivity contribution >= 4 is 54.0 Å². The summed E-state index contributed by atoms with van der Waals surface area (Å²) in [7, 11) is -3.76. The molecule has 0 aliphatic rings. The second kappa shape index (κ2) is 8.56. The van der Waals surface area contributed by atoms with Gasteiger partial charge in [0.15, 0.2) is 5.13 Å². The predicted octanol–water partition coefficient (Wildman–Crippen LogP) is 3.70. The van der Waals surface area contributed by atoms with Gasteiger partial charge in [0.25, 0.3) is 10.0 Å². The molecule has 2 aromatic heterocycles. The number of aromatic nitrogens is 1. The number of ether oxygens (including phenoxy) is 1. The van der Waals surface area contributed by atoms with Crippen molar-refractivity contribution in [1.82, 2.24) is 9.71 Å². The van der Waals surface area contributed by atoms with E-state index in [1.807, 2.05) is 25.1 Å². The van der Waals surface area contributed by atoms with E-state index in [1.54, 1.807) is 25.3 Å². The summed E-state index contributed by atoms with van der Waals surface area (Å²) < 4.78 is 34.0. The van der Waals surface area contributed by atoms with Crippen molar-refractivity contribution < 1.29 is 17.9 Å². The van der Waals surface area contributed by atoms with Gasteiger partial charge in [0.1, 0.15) is 16.0 Å². The minimum atomic E-state index is -3.76. The summed E-state index contributed by atoms with van der Waals surface area (Å²) >= 11 is 2.42. The molecule has 0 fully saturated rings. The summed E-state index contributed by atoms with van der Waals surface area (Å²) in [6.45, 7) is 6.04. The number of nitrogens with zero attached hydrogens (tertiary/aromatic N) is 1. The highest BCUT2D eigenvalue weighted by atomic mass is 32.2. The van der Waals surface area contributed by atoms with Crippen LogP contribution in [-0.4, -0.2) is 32.0 Å². The van der Waals surface area contributed by atoms with Crippen LogP contribution in [0.5, 0.6) is 5.75 Å². The molecule has 28 heavy (non-hydrogen) atoms. The lowest BCUT2D eigenvalue weighted by molar-refractivity contribution is -0.118. The summed E-state index contributed by atoms with van der Waals surface area (Å²) in [5, 5.41) is 4.83. The topological polar surface area (TPSA) is 97.4 Å². The predicted molar refractivity (Wildman–Crippen MR) is 113 cm³/mol. The quantitative estimate of drug-likeness (QED) is 0.558. The number of carbonyl (C=O) groups excluding carboxylic acids is 1. The first-order chi connectivity index (χ1) is 13.3. The first-order valence-electron chi connectivity index (χ1n) is 8.70. The van der Waals surface area contributed by atoms with Gasteiger partial charge in [-0.25, -0.2) is 13.4 Å². The van der Waals surface area contributed by atoms with Crippen LogP contribution in [0, 0.1) is 5.92 Å². The molecule has 1 amide bonds. The second-order valence-corrected chi connectivity index (χ2v) is 10.3. The van der Waals surface area contributed by atoms with Gasteiger partial charge in [-0.05, 0) is 42.5 Å². The van der Waals surface area contributed by atoms with Gasteiger partial charge in [-0.15, -0.1) is 11.3 Å². The third kappa shape index (κ3) is 4.69. The zero-order valence-electron chi connectivity index (χ0n) is 15.6. The normalized spacial score (nSPS) is 13.0. The number of thiazole rings is 1. The third-order valence-electron chi connectivity index (χ3n) is 3.89. The number of benzene rings is 1. The van der Waals surface area contributed by atoms with Crippen molar-refractivity contribution in [3.8, 4) is 5.75 Å². The van der Waals surface area contributed by atoms with Crippen LogP contribution in [0.1, 0.15) is 20.8 Å². The van der Waals surface area contributed by atoms with Crippen molar-refractivity contribution in [3.63, 3.8) is 0 Å². The molecule has 0 bridgehead atoms. The minimum Gasteiger partial charge on any atom is -0.494 e. The van der Waals surface area contributed by atoms with Gasteiger partial charge in [0.05, 0.1) is 16.8 Å². The number of rotatable bonds is 8. The average molecular weight is 440 g/mol. The Morgan fingerprint density at radius 1 is 1.29 bits per heavy atom. The van der Waals surface area contributed by atoms with Gasteiger partial charge in [-0.1, -0.05) is 31.3 Å². The number of sulfonamides is 1. The Morgan fingerprint density at radius 2 is 2.07 bits per heavy atom. The Balaban J connectivity index is 1.78. The zero-order valence-corrected chi connectivity index (χ0v) is 18.1. The molecule has 7 nitrogen and oxygen atoms in total. The van der Waals surface area contributed by atoms with Gasteiger partial charge < -0.3 is 10.1 Å². The Bertz CT molecular complexity index is 1060. The van der Waals surface area contributed by atoms with E-state index in [0.29, 0.717) is 11.7 Å². The van der Waals surface area contributed by atoms with E-state index >= 15 is 0 Å². The number of hydrogen-bond donors (Lipinski definition) is 2. The second-order valence-electron chi connectivity index (χ2n) is 6.35. The number of carbonyl (C=O) groups is 1. The maximum atomic E-state index is 12.8. The summed E-state index contributed by atoms with van der Waals surface area (Å²) in [5.41, 5.74) is 0.740. The molecule has 2 N–H and O–H groups in total. The van der Waals surface area contributed by atoms with Gasteiger partial charge in [-0.2, -0.15) is 4.72 Å². The van der Waals surface area contributed by atoms with Crippen LogP contribution in [0.15, 0.2) is 39.9 Å². The van der Waals surface area contributed by atoms with E-state index in [0.717, 1.165) is 27.3 Å². The lowest BCUT2D eigenvalue weighted by atomic mass is 10.1. The molecule has 0 saturated carbocycles. The molecular weight excluding hydrogens is 418 g/mol. The average Bonchev–Trinajstić information content (AvgIpc) is 3.29. The van der Waals surface area contributed by atoms with Gasteiger partial charge in [0, 0.05) is 0 Å². The van der Waals surface area contributed by atoms with Crippen molar-refractivity contribution in [1.29, 1.82) is 0 Å². The summed E-state index contributed by atoms with van der Waals surface area (Å²) in [6.07, 6.45) is 0. The van der Waals surface area contributed by atoms with Crippen LogP contribution >= 0.6 is 22.7 Å². The Kier molecular flexibility index (Phi) is 6.33. The molecule has 0 spiro atoms. The van der Waals surface area contributed by atoms with Crippen LogP contribution in [0.25, 0.3) is 10.2 Å². The number of amides is 1. The number of fused-ring (bicyclic) bond motifs is 1. The van der Waals surface area contributed by atoms with E-state index in [-0.39, 0.29) is 10.1 Å². The molecule has 10 heteroatoms. The fraction of sp³-hybridized carbons (Fsp3) is 0.333. The summed E-state index contributed by atoms with van der Waals surface area (Å²) in [5.74, 6) is 0.0492. The zero-order chi connectivity index (χ0) is 20.3. The number of anilines is 1. The monoisotopic (exact) mass is 439 g/mol. The molecule has 0 unspecified atom stereocenters. The van der Waals surface area contributed by atoms with E-state index in [1.165, 1.54) is 17.4 Å². The van der Waals surface area contributed by atoms with Crippen LogP contribution < -0.4 is 14.8 Å². The van der Waals surface area contributed by atoms with Crippen LogP contribution in [0.2, 0.25) is 0 Å². The SMILES string of the molecule is CCOc1ccc2nc(NC(=O)[C@@H](NS(=O)(=O)c3cccs3)C(C)C)sc2c1. The minimum absolute atomic E-state index is 0.175. The van der Waals surface area contributed by atoms with Gasteiger partial charge in [-0.3, -0.25) is 4.79 Å². The number of thiophene rings is 1. The van der Waals surface area contributed by atoms with E-state index < -0.39 is 22.0 Å². The molecule has 150 valence electrons. The Labute approximate surface area is 171 Å². The van der Waals surface area contributed by atoms with Crippen molar-refractivity contribution in [3.05, 3.63) is 35.7 Å². The largest absolute Gasteiger partial charge is 0.494 e. The molecule has 1 aromatic carbocycles. The van der Waals surface area contributed by atoms with Crippen LogP contribution in [0.3, 0.4) is 0 Å². The molecule has 0 aliphatic heterocycles. The summed E-state index contributed by atoms with van der Waals surface area (Å²) in [6, 6.07) is 7.76. The highest BCUT2D eigenvalue weighted by Gasteiger charge is 2.29. The van der Waals surface area contributed by atoms with E-state index in [4.69, 9.17) is 4.74 Å². The highest BCUT2D eigenvalue weighted by Crippen LogP contribution is 2.29. The number of hydrogen-bond acceptors (Lipinski definition) is 7. The molecule has 3 rings (SSSR count).